The Bertz CT molecular complexity index is 239. The average Bonchev–Trinajstić information content (AvgIpc) is 2.04. The van der Waals surface area contributed by atoms with Crippen LogP contribution in [0, 0.1) is 6.92 Å². The molecule has 1 heterocycles. The minimum atomic E-state index is 0.443. The van der Waals surface area contributed by atoms with Gasteiger partial charge in [-0.05, 0) is 39.6 Å². The lowest BCUT2D eigenvalue weighted by atomic mass is 10.1. The number of rotatable bonds is 2. The molecule has 0 saturated carbocycles. The number of hydrogen-bond acceptors (Lipinski definition) is 2. The molecule has 2 nitrogen and oxygen atoms in total. The van der Waals surface area contributed by atoms with E-state index in [1.165, 1.54) is 5.56 Å². The molecule has 1 atom stereocenters. The van der Waals surface area contributed by atoms with Gasteiger partial charge in [0.15, 0.2) is 0 Å². The smallest absolute Gasteiger partial charge is 0.0372 e. The number of aromatic nitrogens is 1. The highest BCUT2D eigenvalue weighted by molar-refractivity contribution is 5.16. The Morgan fingerprint density at radius 3 is 2.42 bits per heavy atom. The Morgan fingerprint density at radius 2 is 2.00 bits per heavy atom. The number of pyridine rings is 1. The summed E-state index contributed by atoms with van der Waals surface area (Å²) >= 11 is 0. The van der Waals surface area contributed by atoms with Crippen molar-refractivity contribution in [3.63, 3.8) is 0 Å². The molecule has 12 heavy (non-hydrogen) atoms. The second-order valence-corrected chi connectivity index (χ2v) is 3.37. The van der Waals surface area contributed by atoms with E-state index in [2.05, 4.69) is 43.0 Å². The molecule has 2 heteroatoms. The second-order valence-electron chi connectivity index (χ2n) is 3.37. The fourth-order valence-corrected chi connectivity index (χ4v) is 1.02. The average molecular weight is 164 g/mol. The summed E-state index contributed by atoms with van der Waals surface area (Å²) in [5.41, 5.74) is 2.34. The van der Waals surface area contributed by atoms with Crippen LogP contribution in [0.5, 0.6) is 0 Å². The van der Waals surface area contributed by atoms with Crippen molar-refractivity contribution in [2.45, 2.75) is 19.9 Å². The van der Waals surface area contributed by atoms with Crippen LogP contribution >= 0.6 is 0 Å². The molecule has 0 fully saturated rings. The zero-order valence-electron chi connectivity index (χ0n) is 8.20. The van der Waals surface area contributed by atoms with Gasteiger partial charge in [0.1, 0.15) is 0 Å². The highest BCUT2D eigenvalue weighted by Gasteiger charge is 2.06. The molecule has 1 aromatic heterocycles. The van der Waals surface area contributed by atoms with Crippen molar-refractivity contribution < 1.29 is 0 Å². The van der Waals surface area contributed by atoms with E-state index in [1.807, 2.05) is 13.1 Å². The van der Waals surface area contributed by atoms with Crippen LogP contribution in [-0.2, 0) is 0 Å². The summed E-state index contributed by atoms with van der Waals surface area (Å²) in [5.74, 6) is 0. The third kappa shape index (κ3) is 2.05. The molecule has 66 valence electrons. The van der Waals surface area contributed by atoms with Gasteiger partial charge in [-0.15, -0.1) is 0 Å². The predicted molar refractivity (Wildman–Crippen MR) is 51.1 cm³/mol. The summed E-state index contributed by atoms with van der Waals surface area (Å²) in [7, 11) is 4.15. The van der Waals surface area contributed by atoms with E-state index in [9.17, 15) is 0 Å². The molecule has 1 rings (SSSR count). The maximum Gasteiger partial charge on any atom is 0.0372 e. The molecule has 0 aliphatic carbocycles. The first-order chi connectivity index (χ1) is 5.61. The summed E-state index contributed by atoms with van der Waals surface area (Å²) in [6.07, 6.45) is 1.94. The van der Waals surface area contributed by atoms with Crippen molar-refractivity contribution >= 4 is 0 Å². The molecule has 0 amide bonds. The molecule has 1 unspecified atom stereocenters. The Labute approximate surface area is 74.2 Å². The van der Waals surface area contributed by atoms with Crippen molar-refractivity contribution in [2.75, 3.05) is 14.1 Å². The fourth-order valence-electron chi connectivity index (χ4n) is 1.02. The van der Waals surface area contributed by atoms with Crippen LogP contribution in [0.4, 0.5) is 0 Å². The fraction of sp³-hybridized carbons (Fsp3) is 0.500. The van der Waals surface area contributed by atoms with Crippen LogP contribution < -0.4 is 0 Å². The molecule has 0 spiro atoms. The molecular formula is C10H16N2. The topological polar surface area (TPSA) is 16.1 Å². The maximum absolute atomic E-state index is 4.26. The third-order valence-electron chi connectivity index (χ3n) is 2.19. The minimum absolute atomic E-state index is 0.443. The Kier molecular flexibility index (Phi) is 2.82. The lowest BCUT2D eigenvalue weighted by Crippen LogP contribution is -2.16. The number of aryl methyl sites for hydroxylation is 1. The monoisotopic (exact) mass is 164 g/mol. The van der Waals surface area contributed by atoms with Crippen LogP contribution in [0.25, 0.3) is 0 Å². The lowest BCUT2D eigenvalue weighted by Gasteiger charge is -2.19. The van der Waals surface area contributed by atoms with Crippen molar-refractivity contribution in [2.24, 2.45) is 0 Å². The van der Waals surface area contributed by atoms with E-state index in [4.69, 9.17) is 0 Å². The lowest BCUT2D eigenvalue weighted by molar-refractivity contribution is 0.320. The van der Waals surface area contributed by atoms with Crippen molar-refractivity contribution in [3.05, 3.63) is 29.6 Å². The van der Waals surface area contributed by atoms with Gasteiger partial charge in [0, 0.05) is 17.9 Å². The van der Waals surface area contributed by atoms with E-state index >= 15 is 0 Å². The molecule has 0 aliphatic rings. The molecule has 0 radical (unpaired) electrons. The number of hydrogen-bond donors (Lipinski definition) is 0. The standard InChI is InChI=1S/C10H16N2/c1-8-5-6-10(7-11-8)9(2)12(3)4/h5-7,9H,1-4H3. The second kappa shape index (κ2) is 3.68. The van der Waals surface area contributed by atoms with Gasteiger partial charge in [0.25, 0.3) is 0 Å². The molecule has 0 aromatic carbocycles. The van der Waals surface area contributed by atoms with E-state index < -0.39 is 0 Å². The van der Waals surface area contributed by atoms with Gasteiger partial charge >= 0.3 is 0 Å². The highest BCUT2D eigenvalue weighted by atomic mass is 15.1. The molecule has 1 aromatic rings. The molecule has 0 aliphatic heterocycles. The highest BCUT2D eigenvalue weighted by Crippen LogP contribution is 2.15. The Morgan fingerprint density at radius 1 is 1.33 bits per heavy atom. The molecule has 0 bridgehead atoms. The zero-order valence-corrected chi connectivity index (χ0v) is 8.20. The van der Waals surface area contributed by atoms with E-state index in [0.717, 1.165) is 5.69 Å². The van der Waals surface area contributed by atoms with Gasteiger partial charge in [0.2, 0.25) is 0 Å². The first kappa shape index (κ1) is 9.20. The Hall–Kier alpha value is -0.890. The Balaban J connectivity index is 2.82. The van der Waals surface area contributed by atoms with Gasteiger partial charge in [-0.1, -0.05) is 6.07 Å². The summed E-state index contributed by atoms with van der Waals surface area (Å²) in [6, 6.07) is 4.63. The van der Waals surface area contributed by atoms with Crippen LogP contribution in [0.2, 0.25) is 0 Å². The van der Waals surface area contributed by atoms with Crippen molar-refractivity contribution in [3.8, 4) is 0 Å². The molecule has 0 N–H and O–H groups in total. The van der Waals surface area contributed by atoms with Gasteiger partial charge in [-0.2, -0.15) is 0 Å². The largest absolute Gasteiger partial charge is 0.303 e. The van der Waals surface area contributed by atoms with Crippen LogP contribution in [0.15, 0.2) is 18.3 Å². The van der Waals surface area contributed by atoms with E-state index in [-0.39, 0.29) is 0 Å². The summed E-state index contributed by atoms with van der Waals surface area (Å²) < 4.78 is 0. The van der Waals surface area contributed by atoms with Gasteiger partial charge in [-0.3, -0.25) is 4.98 Å². The predicted octanol–water partition coefficient (Wildman–Crippen LogP) is 2.01. The summed E-state index contributed by atoms with van der Waals surface area (Å²) in [4.78, 5) is 6.43. The van der Waals surface area contributed by atoms with E-state index in [1.54, 1.807) is 0 Å². The van der Waals surface area contributed by atoms with Gasteiger partial charge < -0.3 is 4.90 Å². The SMILES string of the molecule is Cc1ccc(C(C)N(C)C)cn1. The minimum Gasteiger partial charge on any atom is -0.303 e. The van der Waals surface area contributed by atoms with Gasteiger partial charge in [-0.25, -0.2) is 0 Å². The van der Waals surface area contributed by atoms with Crippen molar-refractivity contribution in [1.82, 2.24) is 9.88 Å². The van der Waals surface area contributed by atoms with E-state index in [0.29, 0.717) is 6.04 Å². The summed E-state index contributed by atoms with van der Waals surface area (Å²) in [5, 5.41) is 0. The van der Waals surface area contributed by atoms with Crippen molar-refractivity contribution in [1.29, 1.82) is 0 Å². The van der Waals surface area contributed by atoms with Crippen LogP contribution in [0.3, 0.4) is 0 Å². The van der Waals surface area contributed by atoms with Crippen LogP contribution in [0.1, 0.15) is 24.2 Å². The molecular weight excluding hydrogens is 148 g/mol. The normalized spacial score (nSPS) is 13.4. The van der Waals surface area contributed by atoms with Crippen LogP contribution in [-0.4, -0.2) is 24.0 Å². The molecule has 0 saturated heterocycles. The first-order valence-electron chi connectivity index (χ1n) is 4.20. The number of nitrogens with zero attached hydrogens (tertiary/aromatic N) is 2. The quantitative estimate of drug-likeness (QED) is 0.664. The third-order valence-corrected chi connectivity index (χ3v) is 2.19. The van der Waals surface area contributed by atoms with Gasteiger partial charge in [0.05, 0.1) is 0 Å². The summed E-state index contributed by atoms with van der Waals surface area (Å²) in [6.45, 7) is 4.18. The maximum atomic E-state index is 4.26. The zero-order chi connectivity index (χ0) is 9.14. The first-order valence-corrected chi connectivity index (χ1v) is 4.20.